The Balaban J connectivity index is -0.000000300. The minimum Gasteiger partial charge on any atom is -0.379 e. The smallest absolute Gasteiger partial charge is 0.379 e. The number of Topliss-reactive ketones (excluding diaryl/α,β-unsaturated/α-hetero) is 9. The summed E-state index contributed by atoms with van der Waals surface area (Å²) < 4.78 is 97.7. The lowest BCUT2D eigenvalue weighted by molar-refractivity contribution is -0.234. The van der Waals surface area contributed by atoms with Gasteiger partial charge in [0.05, 0.1) is 32.5 Å². The van der Waals surface area contributed by atoms with Gasteiger partial charge in [0.1, 0.15) is 12.2 Å². The van der Waals surface area contributed by atoms with Crippen LogP contribution in [0.4, 0.5) is 26.3 Å². The zero-order valence-electron chi connectivity index (χ0n) is 75.4. The summed E-state index contributed by atoms with van der Waals surface area (Å²) in [5, 5.41) is 17.6. The first-order valence-electron chi connectivity index (χ1n) is 39.6. The van der Waals surface area contributed by atoms with Gasteiger partial charge in [-0.2, -0.15) is 22.0 Å². The Morgan fingerprint density at radius 1 is 0.466 bits per heavy atom. The molecule has 4 fully saturated rings. The summed E-state index contributed by atoms with van der Waals surface area (Å²) in [4.78, 5) is 108. The van der Waals surface area contributed by atoms with Crippen molar-refractivity contribution in [2.24, 2.45) is 53.3 Å². The van der Waals surface area contributed by atoms with E-state index in [-0.39, 0.29) is 101 Å². The van der Waals surface area contributed by atoms with E-state index in [1.807, 2.05) is 111 Å². The molecule has 3 unspecified atom stereocenters. The molecule has 0 amide bonds. The maximum atomic E-state index is 14.1. The number of hydrogen-bond acceptors (Lipinski definition) is 20. The number of alkyl halides is 6. The summed E-state index contributed by atoms with van der Waals surface area (Å²) in [5.74, 6) is 35.2. The summed E-state index contributed by atoms with van der Waals surface area (Å²) in [6.45, 7) is 44.2. The molecule has 26 heteroatoms. The second kappa shape index (κ2) is 64.1. The quantitative estimate of drug-likeness (QED) is 0.0560. The highest BCUT2D eigenvalue weighted by Crippen LogP contribution is 2.29. The van der Waals surface area contributed by atoms with E-state index in [2.05, 4.69) is 85.4 Å². The van der Waals surface area contributed by atoms with E-state index in [1.165, 1.54) is 53.4 Å². The average Bonchev–Trinajstić information content (AvgIpc) is 1.68. The van der Waals surface area contributed by atoms with Crippen molar-refractivity contribution in [2.75, 3.05) is 115 Å². The van der Waals surface area contributed by atoms with Crippen LogP contribution in [0, 0.1) is 160 Å². The van der Waals surface area contributed by atoms with Crippen molar-refractivity contribution in [1.29, 1.82) is 0 Å². The predicted molar refractivity (Wildman–Crippen MR) is 455 cm³/mol. The van der Waals surface area contributed by atoms with Crippen molar-refractivity contribution >= 4 is 52.0 Å². The Bertz CT molecular complexity index is 3610. The van der Waals surface area contributed by atoms with Crippen LogP contribution in [-0.4, -0.2) is 243 Å². The number of carbonyl (C=O) groups excluding carboxylic acids is 9. The molecule has 4 aliphatic rings. The van der Waals surface area contributed by atoms with Gasteiger partial charge >= 0.3 is 12.2 Å². The van der Waals surface area contributed by atoms with E-state index < -0.39 is 52.8 Å². The number of carbonyl (C=O) groups is 9. The van der Waals surface area contributed by atoms with Gasteiger partial charge in [-0.25, -0.2) is 9.29 Å². The fourth-order valence-corrected chi connectivity index (χ4v) is 7.41. The van der Waals surface area contributed by atoms with E-state index in [0.29, 0.717) is 57.2 Å². The third kappa shape index (κ3) is 67.0. The zero-order valence-corrected chi connectivity index (χ0v) is 75.4. The molecule has 0 aromatic rings. The highest BCUT2D eigenvalue weighted by molar-refractivity contribution is 6.00. The van der Waals surface area contributed by atoms with Crippen molar-refractivity contribution in [1.82, 2.24) is 24.5 Å². The fourth-order valence-electron chi connectivity index (χ4n) is 7.41. The molecular formula is C92H141F6N5O15. The maximum absolute atomic E-state index is 14.1. The molecule has 2 N–H and O–H groups in total. The first-order chi connectivity index (χ1) is 53.7. The Labute approximate surface area is 705 Å². The molecule has 0 aromatic heterocycles. The van der Waals surface area contributed by atoms with E-state index in [1.54, 1.807) is 113 Å². The Morgan fingerprint density at radius 3 is 1.19 bits per heavy atom. The average molecular weight is 1670 g/mol. The van der Waals surface area contributed by atoms with Crippen LogP contribution in [0.15, 0.2) is 0 Å². The van der Waals surface area contributed by atoms with Gasteiger partial charge in [-0.1, -0.05) is 162 Å². The summed E-state index contributed by atoms with van der Waals surface area (Å²) in [5.41, 5.74) is -1.60. The van der Waals surface area contributed by atoms with Crippen LogP contribution in [0.1, 0.15) is 218 Å². The molecule has 0 bridgehead atoms. The number of halogens is 6. The minimum absolute atomic E-state index is 0. The first kappa shape index (κ1) is 121. The molecule has 3 heterocycles. The third-order valence-electron chi connectivity index (χ3n) is 15.6. The molecule has 3 aliphatic heterocycles. The van der Waals surface area contributed by atoms with Gasteiger partial charge in [-0.15, -0.1) is 0 Å². The van der Waals surface area contributed by atoms with Gasteiger partial charge in [-0.05, 0) is 192 Å². The summed E-state index contributed by atoms with van der Waals surface area (Å²) in [6, 6.07) is -3.23. The summed E-state index contributed by atoms with van der Waals surface area (Å²) >= 11 is 0. The predicted octanol–water partition coefficient (Wildman–Crippen LogP) is 12.5. The molecule has 1 aliphatic carbocycles. The van der Waals surface area contributed by atoms with Crippen molar-refractivity contribution in [3.05, 3.63) is 0 Å². The van der Waals surface area contributed by atoms with E-state index in [0.717, 1.165) is 45.8 Å². The van der Waals surface area contributed by atoms with E-state index >= 15 is 0 Å². The van der Waals surface area contributed by atoms with Crippen molar-refractivity contribution < 1.29 is 98.7 Å². The van der Waals surface area contributed by atoms with E-state index in [9.17, 15) is 69.5 Å². The van der Waals surface area contributed by atoms with Gasteiger partial charge in [0.25, 0.3) is 5.85 Å². The van der Waals surface area contributed by atoms with Crippen LogP contribution >= 0.6 is 0 Å². The summed E-state index contributed by atoms with van der Waals surface area (Å²) in [7, 11) is 11.7. The van der Waals surface area contributed by atoms with Crippen molar-refractivity contribution in [2.45, 2.75) is 259 Å². The molecule has 3 atom stereocenters. The topological polar surface area (TPSA) is 247 Å². The normalized spacial score (nSPS) is 15.7. The maximum Gasteiger partial charge on any atom is 0.423 e. The van der Waals surface area contributed by atoms with Gasteiger partial charge in [0.2, 0.25) is 57.8 Å². The second-order valence-electron chi connectivity index (χ2n) is 31.7. The van der Waals surface area contributed by atoms with Gasteiger partial charge in [0, 0.05) is 106 Å². The number of rotatable bonds is 18. The van der Waals surface area contributed by atoms with Crippen molar-refractivity contribution in [3.8, 4) is 107 Å². The van der Waals surface area contributed by atoms with Crippen LogP contribution < -0.4 is 0 Å². The number of likely N-dealkylation sites (tertiary alicyclic amines) is 1. The first-order valence-corrected chi connectivity index (χ1v) is 39.6. The number of aliphatic hydroxyl groups is 2. The van der Waals surface area contributed by atoms with Gasteiger partial charge < -0.3 is 34.1 Å². The van der Waals surface area contributed by atoms with Crippen LogP contribution in [0.3, 0.4) is 0 Å². The molecule has 20 nitrogen and oxygen atoms in total. The Morgan fingerprint density at radius 2 is 0.839 bits per heavy atom. The summed E-state index contributed by atoms with van der Waals surface area (Å²) in [6.07, 6.45) is 5.03. The van der Waals surface area contributed by atoms with Crippen LogP contribution in [-0.2, 0) is 62.1 Å². The standard InChI is InChI=1S/C13H21NO.C12H18FNO2.C12H19NO2.C11H14F2O2.C9H13F2NO.C9H15NO.C9H14O2.C8H11FO2.C8H12O2.CH4/c1-12(2)13(15)8-4-7-11-14-9-5-3-6-10-14;1-10(2)11(15)4-5-12(3,13)14-6-8-16-9-7-14;1-10(2)11(14)6-8-12(13(3)4)7-5-9-15-12;1-8(2)10(14)6-7-11(12,13)15-9-4-3-5-9;1-7(2)8(13)5-6-9(10,11)12(3)4;1-8(2)9(11)6-5-7-10(3)4;1-7(2)8(10)5-6-9(3,4)11;1-6(2)7(10)4-5-8(3,9)11;1-7(2)8(9)5-4-6-10-3;/h12H,3,5-7,9-11H2,1-2H3;10H,6-9H2,1-3H3;10H,5,7,9H2,1-4H3;8-9H,3-5H2,1-2H3;7H,1-4H3;8H,7H2,1-4H3;7,11H,1-4H3;6,11H,1-3H3;7H,6H2,1-3H3;1H4. The number of nitrogens with zero attached hydrogens (tertiary/aromatic N) is 5. The Hall–Kier alpha value is -7.79. The number of ether oxygens (including phenoxy) is 4. The lowest BCUT2D eigenvalue weighted by Gasteiger charge is -2.33. The lowest BCUT2D eigenvalue weighted by Crippen LogP contribution is -2.48. The highest BCUT2D eigenvalue weighted by Gasteiger charge is 2.37. The molecule has 1 saturated carbocycles. The molecule has 0 spiro atoms. The molecule has 666 valence electrons. The SMILES string of the molecule is C.CC(C)C(=O)C#CC(C)(C)O.CC(C)C(=O)C#CC(C)(F)N1CCOCC1.CC(C)C(=O)C#CC(C)(O)F.CC(C)C(=O)C#CC(F)(F)N(C)C.CC(C)C(=O)C#CC(F)(F)OC1CCC1.CC(C)C(=O)C#CC1(N(C)C)CCCO1.CC(C)C(=O)C#CCCN1CCCCC1.CC(C)C(=O)C#CCN(C)C.COCC#CC(=O)C(C)C. The molecule has 0 radical (unpaired) electrons. The number of morpholine rings is 1. The number of piperidine rings is 1. The van der Waals surface area contributed by atoms with Crippen LogP contribution in [0.25, 0.3) is 0 Å². The van der Waals surface area contributed by atoms with Crippen molar-refractivity contribution in [3.63, 3.8) is 0 Å². The third-order valence-corrected chi connectivity index (χ3v) is 15.6. The fraction of sp³-hybridized carbons (Fsp3) is 0.707. The molecule has 3 saturated heterocycles. The monoisotopic (exact) mass is 1670 g/mol. The number of ketones is 9. The Kier molecular flexibility index (Phi) is 65.8. The van der Waals surface area contributed by atoms with Gasteiger partial charge in [0.15, 0.2) is 5.72 Å². The minimum atomic E-state index is -3.49. The number of hydrogen-bond donors (Lipinski definition) is 2. The largest absolute Gasteiger partial charge is 0.423 e. The zero-order chi connectivity index (χ0) is 91.8. The highest BCUT2D eigenvalue weighted by atomic mass is 19.3. The van der Waals surface area contributed by atoms with Crippen LogP contribution in [0.5, 0.6) is 0 Å². The van der Waals surface area contributed by atoms with E-state index in [4.69, 9.17) is 19.7 Å². The van der Waals surface area contributed by atoms with Gasteiger partial charge in [-0.3, -0.25) is 57.9 Å². The molecular weight excluding hydrogens is 1530 g/mol. The lowest BCUT2D eigenvalue weighted by atomic mass is 9.96. The van der Waals surface area contributed by atoms with Crippen LogP contribution in [0.2, 0.25) is 0 Å². The number of methoxy groups -OCH3 is 1. The molecule has 4 rings (SSSR count). The molecule has 118 heavy (non-hydrogen) atoms. The second-order valence-corrected chi connectivity index (χ2v) is 31.7. The molecule has 0 aromatic carbocycles.